The second-order valence-corrected chi connectivity index (χ2v) is 6.70. The van der Waals surface area contributed by atoms with E-state index in [0.29, 0.717) is 13.2 Å². The van der Waals surface area contributed by atoms with Crippen LogP contribution in [0.5, 0.6) is 0 Å². The van der Waals surface area contributed by atoms with Crippen LogP contribution in [0.25, 0.3) is 5.69 Å². The Morgan fingerprint density at radius 1 is 0.966 bits per heavy atom. The van der Waals surface area contributed by atoms with Crippen molar-refractivity contribution in [1.29, 1.82) is 0 Å². The van der Waals surface area contributed by atoms with Gasteiger partial charge in [0.2, 0.25) is 0 Å². The molecule has 0 aliphatic carbocycles. The molecule has 152 valence electrons. The van der Waals surface area contributed by atoms with Gasteiger partial charge in [0.25, 0.3) is 5.95 Å². The quantitative estimate of drug-likeness (QED) is 0.519. The molecule has 0 radical (unpaired) electrons. The van der Waals surface area contributed by atoms with E-state index in [2.05, 4.69) is 35.9 Å². The van der Waals surface area contributed by atoms with Crippen LogP contribution in [0, 0.1) is 0 Å². The fourth-order valence-electron chi connectivity index (χ4n) is 3.33. The molecular weight excluding hydrogens is 364 g/mol. The minimum absolute atomic E-state index is 0.286. The zero-order chi connectivity index (χ0) is 20.6. The van der Waals surface area contributed by atoms with Gasteiger partial charge in [-0.05, 0) is 42.9 Å². The monoisotopic (exact) mass is 392 g/mol. The second kappa shape index (κ2) is 9.98. The Morgan fingerprint density at radius 2 is 1.66 bits per heavy atom. The van der Waals surface area contributed by atoms with Gasteiger partial charge in [-0.25, -0.2) is 14.8 Å². The van der Waals surface area contributed by atoms with E-state index in [1.807, 2.05) is 43.3 Å². The second-order valence-electron chi connectivity index (χ2n) is 6.70. The van der Waals surface area contributed by atoms with E-state index in [1.54, 1.807) is 16.0 Å². The Balaban J connectivity index is 1.80. The molecule has 0 spiro atoms. The average Bonchev–Trinajstić information content (AvgIpc) is 2.77. The van der Waals surface area contributed by atoms with Crippen LogP contribution < -0.4 is 10.8 Å². The summed E-state index contributed by atoms with van der Waals surface area (Å²) < 4.78 is 1.54. The SMILES string of the molecule is CCc1cccc(CC)c1-n1cnc(N(CC)OCCc2ccccc2)nc1=O. The summed E-state index contributed by atoms with van der Waals surface area (Å²) in [5.74, 6) is 0.286. The number of para-hydroxylation sites is 1. The van der Waals surface area contributed by atoms with Crippen LogP contribution in [-0.2, 0) is 24.1 Å². The summed E-state index contributed by atoms with van der Waals surface area (Å²) in [6.07, 6.45) is 4.00. The zero-order valence-electron chi connectivity index (χ0n) is 17.3. The summed E-state index contributed by atoms with van der Waals surface area (Å²) in [5.41, 5.74) is 3.95. The highest BCUT2D eigenvalue weighted by Crippen LogP contribution is 2.20. The predicted molar refractivity (Wildman–Crippen MR) is 116 cm³/mol. The summed E-state index contributed by atoms with van der Waals surface area (Å²) >= 11 is 0. The Labute approximate surface area is 171 Å². The van der Waals surface area contributed by atoms with Gasteiger partial charge in [-0.3, -0.25) is 9.40 Å². The summed E-state index contributed by atoms with van der Waals surface area (Å²) in [6.45, 7) is 7.14. The molecule has 0 aliphatic rings. The molecule has 6 nitrogen and oxygen atoms in total. The van der Waals surface area contributed by atoms with Gasteiger partial charge in [-0.15, -0.1) is 0 Å². The number of hydroxylamine groups is 1. The number of hydrogen-bond acceptors (Lipinski definition) is 5. The number of nitrogens with zero attached hydrogens (tertiary/aromatic N) is 4. The molecule has 3 rings (SSSR count). The van der Waals surface area contributed by atoms with Crippen molar-refractivity contribution in [1.82, 2.24) is 14.5 Å². The minimum Gasteiger partial charge on any atom is -0.270 e. The highest BCUT2D eigenvalue weighted by molar-refractivity contribution is 5.48. The fraction of sp³-hybridized carbons (Fsp3) is 0.348. The summed E-state index contributed by atoms with van der Waals surface area (Å²) in [5, 5.41) is 1.57. The fourth-order valence-corrected chi connectivity index (χ4v) is 3.33. The van der Waals surface area contributed by atoms with Crippen molar-refractivity contribution in [3.63, 3.8) is 0 Å². The summed E-state index contributed by atoms with van der Waals surface area (Å²) in [4.78, 5) is 27.3. The first-order valence-corrected chi connectivity index (χ1v) is 10.2. The third-order valence-corrected chi connectivity index (χ3v) is 4.89. The first-order chi connectivity index (χ1) is 14.2. The topological polar surface area (TPSA) is 60.3 Å². The van der Waals surface area contributed by atoms with Gasteiger partial charge in [-0.1, -0.05) is 62.4 Å². The molecule has 1 aromatic heterocycles. The molecule has 0 atom stereocenters. The predicted octanol–water partition coefficient (Wildman–Crippen LogP) is 3.75. The van der Waals surface area contributed by atoms with Crippen molar-refractivity contribution in [3.05, 3.63) is 82.0 Å². The van der Waals surface area contributed by atoms with Crippen LogP contribution in [0.15, 0.2) is 59.7 Å². The summed E-state index contributed by atoms with van der Waals surface area (Å²) in [6, 6.07) is 16.2. The smallest absolute Gasteiger partial charge is 0.270 e. The van der Waals surface area contributed by atoms with Crippen LogP contribution in [0.1, 0.15) is 37.5 Å². The number of anilines is 1. The molecular formula is C23H28N4O2. The molecule has 0 amide bonds. The molecule has 3 aromatic rings. The first-order valence-electron chi connectivity index (χ1n) is 10.2. The van der Waals surface area contributed by atoms with Crippen molar-refractivity contribution in [2.45, 2.75) is 40.0 Å². The van der Waals surface area contributed by atoms with Crippen LogP contribution in [0.4, 0.5) is 5.95 Å². The third-order valence-electron chi connectivity index (χ3n) is 4.89. The van der Waals surface area contributed by atoms with E-state index < -0.39 is 0 Å². The molecule has 2 aromatic carbocycles. The van der Waals surface area contributed by atoms with Gasteiger partial charge in [-0.2, -0.15) is 4.98 Å². The maximum atomic E-state index is 12.8. The molecule has 0 saturated carbocycles. The van der Waals surface area contributed by atoms with Crippen LogP contribution in [0.3, 0.4) is 0 Å². The standard InChI is InChI=1S/C23H28N4O2/c1-4-19-13-10-14-20(5-2)21(19)26-17-24-22(25-23(26)28)27(6-3)29-16-15-18-11-8-7-9-12-18/h7-14,17H,4-6,15-16H2,1-3H3. The number of aryl methyl sites for hydroxylation is 2. The van der Waals surface area contributed by atoms with Crippen LogP contribution in [-0.4, -0.2) is 27.7 Å². The van der Waals surface area contributed by atoms with Crippen LogP contribution in [0.2, 0.25) is 0 Å². The lowest BCUT2D eigenvalue weighted by molar-refractivity contribution is 0.109. The molecule has 1 heterocycles. The molecule has 0 bridgehead atoms. The van der Waals surface area contributed by atoms with Gasteiger partial charge in [0.15, 0.2) is 0 Å². The van der Waals surface area contributed by atoms with Gasteiger partial charge in [0, 0.05) is 6.54 Å². The van der Waals surface area contributed by atoms with E-state index in [9.17, 15) is 4.79 Å². The largest absolute Gasteiger partial charge is 0.356 e. The van der Waals surface area contributed by atoms with E-state index in [1.165, 1.54) is 5.56 Å². The molecule has 6 heteroatoms. The lowest BCUT2D eigenvalue weighted by Gasteiger charge is -2.20. The number of rotatable bonds is 9. The number of benzene rings is 2. The Morgan fingerprint density at radius 3 is 2.24 bits per heavy atom. The van der Waals surface area contributed by atoms with Crippen molar-refractivity contribution < 1.29 is 4.84 Å². The molecule has 0 saturated heterocycles. The highest BCUT2D eigenvalue weighted by Gasteiger charge is 2.14. The van der Waals surface area contributed by atoms with Crippen molar-refractivity contribution >= 4 is 5.95 Å². The minimum atomic E-state index is -0.351. The molecule has 29 heavy (non-hydrogen) atoms. The zero-order valence-corrected chi connectivity index (χ0v) is 17.3. The van der Waals surface area contributed by atoms with Gasteiger partial charge < -0.3 is 0 Å². The number of aromatic nitrogens is 3. The lowest BCUT2D eigenvalue weighted by atomic mass is 10.0. The van der Waals surface area contributed by atoms with Crippen molar-refractivity contribution in [2.24, 2.45) is 0 Å². The van der Waals surface area contributed by atoms with Gasteiger partial charge in [0.1, 0.15) is 6.33 Å². The van der Waals surface area contributed by atoms with E-state index in [-0.39, 0.29) is 11.6 Å². The highest BCUT2D eigenvalue weighted by atomic mass is 16.7. The Bertz CT molecular complexity index is 963. The average molecular weight is 393 g/mol. The van der Waals surface area contributed by atoms with Gasteiger partial charge in [0.05, 0.1) is 12.3 Å². The lowest BCUT2D eigenvalue weighted by Crippen LogP contribution is -2.31. The number of hydrogen-bond donors (Lipinski definition) is 0. The Kier molecular flexibility index (Phi) is 7.14. The van der Waals surface area contributed by atoms with Crippen molar-refractivity contribution in [2.75, 3.05) is 18.2 Å². The van der Waals surface area contributed by atoms with Gasteiger partial charge >= 0.3 is 5.69 Å². The normalized spacial score (nSPS) is 10.9. The molecule has 0 N–H and O–H groups in total. The third kappa shape index (κ3) is 4.90. The molecule has 0 fully saturated rings. The van der Waals surface area contributed by atoms with E-state index >= 15 is 0 Å². The Hall–Kier alpha value is -2.99. The van der Waals surface area contributed by atoms with E-state index in [4.69, 9.17) is 4.84 Å². The van der Waals surface area contributed by atoms with E-state index in [0.717, 1.165) is 36.1 Å². The first kappa shape index (κ1) is 20.7. The van der Waals surface area contributed by atoms with Crippen LogP contribution >= 0.6 is 0 Å². The molecule has 0 unspecified atom stereocenters. The summed E-state index contributed by atoms with van der Waals surface area (Å²) in [7, 11) is 0. The van der Waals surface area contributed by atoms with Crippen molar-refractivity contribution in [3.8, 4) is 5.69 Å². The maximum Gasteiger partial charge on any atom is 0.356 e. The maximum absolute atomic E-state index is 12.8. The molecule has 0 aliphatic heterocycles.